The van der Waals surface area contributed by atoms with Crippen molar-refractivity contribution in [3.8, 4) is 6.07 Å². The van der Waals surface area contributed by atoms with Crippen LogP contribution in [-0.4, -0.2) is 35.6 Å². The highest BCUT2D eigenvalue weighted by atomic mass is 16.4. The van der Waals surface area contributed by atoms with E-state index in [0.717, 1.165) is 5.56 Å². The van der Waals surface area contributed by atoms with E-state index in [1.165, 1.54) is 18.9 Å². The third-order valence-electron chi connectivity index (χ3n) is 2.94. The molecule has 1 unspecified atom stereocenters. The Morgan fingerprint density at radius 3 is 2.70 bits per heavy atom. The van der Waals surface area contributed by atoms with Gasteiger partial charge in [0.05, 0.1) is 17.2 Å². The standard InChI is InChI=1S/C14H17N3O3/c1-9-5-4-6-12(11(9)7-15)16-14(20)17(3)8-10(2)13(18)19/h4-6,10H,8H2,1-3H3,(H,16,20)(H,18,19). The number of hydrogen-bond donors (Lipinski definition) is 2. The van der Waals surface area contributed by atoms with Crippen LogP contribution in [0.5, 0.6) is 0 Å². The molecule has 0 radical (unpaired) electrons. The fourth-order valence-electron chi connectivity index (χ4n) is 1.70. The number of aliphatic carboxylic acids is 1. The van der Waals surface area contributed by atoms with Gasteiger partial charge in [0.25, 0.3) is 0 Å². The lowest BCUT2D eigenvalue weighted by molar-refractivity contribution is -0.141. The highest BCUT2D eigenvalue weighted by Crippen LogP contribution is 2.18. The molecule has 0 saturated carbocycles. The zero-order chi connectivity index (χ0) is 15.3. The van der Waals surface area contributed by atoms with Gasteiger partial charge in [-0.3, -0.25) is 4.79 Å². The van der Waals surface area contributed by atoms with E-state index >= 15 is 0 Å². The Balaban J connectivity index is 2.79. The zero-order valence-electron chi connectivity index (χ0n) is 11.7. The molecular weight excluding hydrogens is 258 g/mol. The second-order valence-corrected chi connectivity index (χ2v) is 4.66. The third kappa shape index (κ3) is 3.72. The molecule has 6 nitrogen and oxygen atoms in total. The molecular formula is C14H17N3O3. The summed E-state index contributed by atoms with van der Waals surface area (Å²) in [4.78, 5) is 24.0. The number of nitrogens with one attached hydrogen (secondary N) is 1. The molecule has 6 heteroatoms. The lowest BCUT2D eigenvalue weighted by Gasteiger charge is -2.20. The molecule has 0 aliphatic heterocycles. The fraction of sp³-hybridized carbons (Fsp3) is 0.357. The Hall–Kier alpha value is -2.55. The van der Waals surface area contributed by atoms with Crippen LogP contribution >= 0.6 is 0 Å². The van der Waals surface area contributed by atoms with Crippen LogP contribution < -0.4 is 5.32 Å². The first kappa shape index (κ1) is 15.5. The summed E-state index contributed by atoms with van der Waals surface area (Å²) in [6, 6.07) is 6.76. The number of urea groups is 1. The van der Waals surface area contributed by atoms with E-state index in [1.54, 1.807) is 25.1 Å². The maximum Gasteiger partial charge on any atom is 0.321 e. The highest BCUT2D eigenvalue weighted by molar-refractivity contribution is 5.91. The Morgan fingerprint density at radius 2 is 2.15 bits per heavy atom. The molecule has 1 atom stereocenters. The maximum atomic E-state index is 12.0. The average molecular weight is 275 g/mol. The van der Waals surface area contributed by atoms with Gasteiger partial charge in [0, 0.05) is 13.6 Å². The van der Waals surface area contributed by atoms with Crippen LogP contribution in [-0.2, 0) is 4.79 Å². The Kier molecular flexibility index (Phi) is 5.09. The molecule has 0 aliphatic carbocycles. The summed E-state index contributed by atoms with van der Waals surface area (Å²) in [6.45, 7) is 3.40. The number of benzene rings is 1. The van der Waals surface area contributed by atoms with Gasteiger partial charge < -0.3 is 15.3 Å². The van der Waals surface area contributed by atoms with Crippen LogP contribution in [0.3, 0.4) is 0 Å². The van der Waals surface area contributed by atoms with Crippen molar-refractivity contribution >= 4 is 17.7 Å². The molecule has 106 valence electrons. The Labute approximate surface area is 117 Å². The fourth-order valence-corrected chi connectivity index (χ4v) is 1.70. The van der Waals surface area contributed by atoms with E-state index in [9.17, 15) is 9.59 Å². The molecule has 0 spiro atoms. The summed E-state index contributed by atoms with van der Waals surface area (Å²) in [7, 11) is 1.51. The number of carboxylic acid groups (broad SMARTS) is 1. The van der Waals surface area contributed by atoms with Crippen molar-refractivity contribution in [1.29, 1.82) is 5.26 Å². The predicted molar refractivity (Wildman–Crippen MR) is 74.3 cm³/mol. The van der Waals surface area contributed by atoms with Crippen LogP contribution in [0.25, 0.3) is 0 Å². The van der Waals surface area contributed by atoms with Gasteiger partial charge in [0.2, 0.25) is 0 Å². The minimum Gasteiger partial charge on any atom is -0.481 e. The third-order valence-corrected chi connectivity index (χ3v) is 2.94. The number of rotatable bonds is 4. The van der Waals surface area contributed by atoms with Crippen molar-refractivity contribution in [1.82, 2.24) is 4.90 Å². The number of anilines is 1. The van der Waals surface area contributed by atoms with Crippen molar-refractivity contribution in [3.63, 3.8) is 0 Å². The van der Waals surface area contributed by atoms with Gasteiger partial charge in [-0.15, -0.1) is 0 Å². The summed E-state index contributed by atoms with van der Waals surface area (Å²) in [5.41, 5.74) is 1.60. The number of carbonyl (C=O) groups is 2. The van der Waals surface area contributed by atoms with Crippen LogP contribution in [0.2, 0.25) is 0 Å². The molecule has 0 bridgehead atoms. The second kappa shape index (κ2) is 6.57. The van der Waals surface area contributed by atoms with E-state index in [1.807, 2.05) is 6.07 Å². The smallest absolute Gasteiger partial charge is 0.321 e. The minimum atomic E-state index is -0.960. The normalized spacial score (nSPS) is 11.3. The van der Waals surface area contributed by atoms with Gasteiger partial charge in [-0.2, -0.15) is 5.26 Å². The van der Waals surface area contributed by atoms with Gasteiger partial charge in [-0.05, 0) is 18.6 Å². The maximum absolute atomic E-state index is 12.0. The summed E-state index contributed by atoms with van der Waals surface area (Å²) in [6.07, 6.45) is 0. The molecule has 0 heterocycles. The van der Waals surface area contributed by atoms with Crippen LogP contribution in [0, 0.1) is 24.2 Å². The average Bonchev–Trinajstić information content (AvgIpc) is 2.38. The van der Waals surface area contributed by atoms with Gasteiger partial charge in [-0.25, -0.2) is 4.79 Å². The van der Waals surface area contributed by atoms with Crippen LogP contribution in [0.1, 0.15) is 18.1 Å². The Morgan fingerprint density at radius 1 is 1.50 bits per heavy atom. The molecule has 1 aromatic rings. The molecule has 0 saturated heterocycles. The summed E-state index contributed by atoms with van der Waals surface area (Å²) < 4.78 is 0. The van der Waals surface area contributed by atoms with E-state index in [4.69, 9.17) is 10.4 Å². The molecule has 0 fully saturated rings. The first-order valence-corrected chi connectivity index (χ1v) is 6.11. The second-order valence-electron chi connectivity index (χ2n) is 4.66. The summed E-state index contributed by atoms with van der Waals surface area (Å²) in [5.74, 6) is -1.61. The monoisotopic (exact) mass is 275 g/mol. The number of amides is 2. The molecule has 1 aromatic carbocycles. The number of nitrogens with zero attached hydrogens (tertiary/aromatic N) is 2. The van der Waals surface area contributed by atoms with Crippen LogP contribution in [0.4, 0.5) is 10.5 Å². The van der Waals surface area contributed by atoms with Gasteiger partial charge >= 0.3 is 12.0 Å². The van der Waals surface area contributed by atoms with Crippen molar-refractivity contribution in [2.24, 2.45) is 5.92 Å². The van der Waals surface area contributed by atoms with Gasteiger partial charge in [-0.1, -0.05) is 19.1 Å². The summed E-state index contributed by atoms with van der Waals surface area (Å²) >= 11 is 0. The lowest BCUT2D eigenvalue weighted by Crippen LogP contribution is -2.36. The Bertz CT molecular complexity index is 563. The van der Waals surface area contributed by atoms with Crippen LogP contribution in [0.15, 0.2) is 18.2 Å². The molecule has 20 heavy (non-hydrogen) atoms. The summed E-state index contributed by atoms with van der Waals surface area (Å²) in [5, 5.41) is 20.5. The number of aryl methyl sites for hydroxylation is 1. The number of nitriles is 1. The topological polar surface area (TPSA) is 93.4 Å². The first-order chi connectivity index (χ1) is 9.36. The molecule has 1 rings (SSSR count). The first-order valence-electron chi connectivity index (χ1n) is 6.11. The van der Waals surface area contributed by atoms with Gasteiger partial charge in [0.15, 0.2) is 0 Å². The number of carboxylic acids is 1. The highest BCUT2D eigenvalue weighted by Gasteiger charge is 2.18. The van der Waals surface area contributed by atoms with E-state index < -0.39 is 17.9 Å². The molecule has 2 N–H and O–H groups in total. The molecule has 0 aliphatic rings. The predicted octanol–water partition coefficient (Wildman–Crippen LogP) is 2.05. The van der Waals surface area contributed by atoms with E-state index in [2.05, 4.69) is 5.32 Å². The number of carbonyl (C=O) groups excluding carboxylic acids is 1. The van der Waals surface area contributed by atoms with E-state index in [0.29, 0.717) is 11.3 Å². The zero-order valence-corrected chi connectivity index (χ0v) is 11.7. The molecule has 0 aromatic heterocycles. The van der Waals surface area contributed by atoms with E-state index in [-0.39, 0.29) is 6.54 Å². The minimum absolute atomic E-state index is 0.0921. The number of hydrogen-bond acceptors (Lipinski definition) is 3. The SMILES string of the molecule is Cc1cccc(NC(=O)N(C)CC(C)C(=O)O)c1C#N. The lowest BCUT2D eigenvalue weighted by atomic mass is 10.1. The van der Waals surface area contributed by atoms with Crippen molar-refractivity contribution in [2.45, 2.75) is 13.8 Å². The van der Waals surface area contributed by atoms with Crippen molar-refractivity contribution < 1.29 is 14.7 Å². The largest absolute Gasteiger partial charge is 0.481 e. The molecule has 2 amide bonds. The quantitative estimate of drug-likeness (QED) is 0.879. The van der Waals surface area contributed by atoms with Gasteiger partial charge in [0.1, 0.15) is 6.07 Å². The van der Waals surface area contributed by atoms with Crippen molar-refractivity contribution in [2.75, 3.05) is 18.9 Å². The van der Waals surface area contributed by atoms with Crippen molar-refractivity contribution in [3.05, 3.63) is 29.3 Å².